The van der Waals surface area contributed by atoms with Crippen LogP contribution in [0.25, 0.3) is 22.6 Å². The molecule has 2 aromatic heterocycles. The van der Waals surface area contributed by atoms with Crippen molar-refractivity contribution in [2.75, 3.05) is 51.9 Å². The summed E-state index contributed by atoms with van der Waals surface area (Å²) < 4.78 is 36.3. The molecule has 5 rings (SSSR count). The van der Waals surface area contributed by atoms with Crippen LogP contribution in [0.5, 0.6) is 0 Å². The lowest BCUT2D eigenvalue weighted by molar-refractivity contribution is -0.231. The van der Waals surface area contributed by atoms with Crippen LogP contribution in [0.4, 0.5) is 10.3 Å². The standard InChI is InChI=1S/C27H33FN6O5/c1-27(25(35)31-14-19-4-3-12-37-19)15-38-24(39-16-27)23-33-21(17-5-7-18(28)8-6-17)22(34-23)20-9-10-29-26(32-20)30-11-13-36-2/h5-10,19,24H,3-4,11-16H2,1-2H3,(H,31,35)(H,33,34)(H,29,30,32). The van der Waals surface area contributed by atoms with Crippen molar-refractivity contribution in [3.8, 4) is 22.6 Å². The normalized spacial score (nSPS) is 23.1. The molecule has 1 amide bonds. The lowest BCUT2D eigenvalue weighted by Gasteiger charge is -2.35. The Balaban J connectivity index is 1.34. The quantitative estimate of drug-likeness (QED) is 0.332. The maximum Gasteiger partial charge on any atom is 0.230 e. The van der Waals surface area contributed by atoms with Crippen molar-refractivity contribution in [2.24, 2.45) is 5.41 Å². The summed E-state index contributed by atoms with van der Waals surface area (Å²) >= 11 is 0. The summed E-state index contributed by atoms with van der Waals surface area (Å²) in [6, 6.07) is 7.80. The van der Waals surface area contributed by atoms with Gasteiger partial charge in [-0.3, -0.25) is 4.79 Å². The Morgan fingerprint density at radius 1 is 1.18 bits per heavy atom. The van der Waals surface area contributed by atoms with E-state index in [2.05, 4.69) is 25.6 Å². The fourth-order valence-corrected chi connectivity index (χ4v) is 4.48. The third kappa shape index (κ3) is 6.41. The van der Waals surface area contributed by atoms with Crippen LogP contribution in [-0.2, 0) is 23.7 Å². The number of aromatic amines is 1. The number of methoxy groups -OCH3 is 1. The van der Waals surface area contributed by atoms with Crippen molar-refractivity contribution in [2.45, 2.75) is 32.2 Å². The van der Waals surface area contributed by atoms with Gasteiger partial charge in [-0.15, -0.1) is 0 Å². The van der Waals surface area contributed by atoms with E-state index in [1.165, 1.54) is 12.1 Å². The lowest BCUT2D eigenvalue weighted by Crippen LogP contribution is -2.49. The Labute approximate surface area is 225 Å². The van der Waals surface area contributed by atoms with E-state index >= 15 is 0 Å². The van der Waals surface area contributed by atoms with Gasteiger partial charge in [0.2, 0.25) is 18.1 Å². The molecule has 1 atom stereocenters. The van der Waals surface area contributed by atoms with Crippen LogP contribution >= 0.6 is 0 Å². The van der Waals surface area contributed by atoms with Crippen LogP contribution < -0.4 is 10.6 Å². The summed E-state index contributed by atoms with van der Waals surface area (Å²) in [4.78, 5) is 29.8. The number of aromatic nitrogens is 4. The second-order valence-electron chi connectivity index (χ2n) is 9.90. The summed E-state index contributed by atoms with van der Waals surface area (Å²) in [6.07, 6.45) is 2.83. The van der Waals surface area contributed by atoms with Crippen molar-refractivity contribution >= 4 is 11.9 Å². The van der Waals surface area contributed by atoms with Gasteiger partial charge < -0.3 is 34.6 Å². The number of H-pyrrole nitrogens is 1. The number of ether oxygens (including phenoxy) is 4. The molecule has 0 spiro atoms. The lowest BCUT2D eigenvalue weighted by atomic mass is 9.91. The SMILES string of the molecule is COCCNc1nccc(-c2[nH]c(C3OCC(C)(C(=O)NCC4CCCO4)CO3)nc2-c2ccc(F)cc2)n1. The number of carbonyl (C=O) groups excluding carboxylic acids is 1. The number of rotatable bonds is 10. The molecule has 2 fully saturated rings. The zero-order valence-electron chi connectivity index (χ0n) is 22.0. The smallest absolute Gasteiger partial charge is 0.230 e. The van der Waals surface area contributed by atoms with Crippen LogP contribution in [0.3, 0.4) is 0 Å². The first-order valence-corrected chi connectivity index (χ1v) is 13.0. The molecular formula is C27H33FN6O5. The second kappa shape index (κ2) is 12.2. The molecule has 0 radical (unpaired) electrons. The molecule has 1 unspecified atom stereocenters. The minimum absolute atomic E-state index is 0.0552. The fraction of sp³-hybridized carbons (Fsp3) is 0.481. The predicted molar refractivity (Wildman–Crippen MR) is 140 cm³/mol. The summed E-state index contributed by atoms with van der Waals surface area (Å²) in [6.45, 7) is 4.37. The number of carbonyl (C=O) groups is 1. The number of nitrogens with zero attached hydrogens (tertiary/aromatic N) is 3. The van der Waals surface area contributed by atoms with E-state index in [4.69, 9.17) is 23.9 Å². The highest BCUT2D eigenvalue weighted by molar-refractivity contribution is 5.82. The van der Waals surface area contributed by atoms with Gasteiger partial charge in [-0.25, -0.2) is 19.3 Å². The maximum absolute atomic E-state index is 13.7. The zero-order valence-corrected chi connectivity index (χ0v) is 22.0. The minimum Gasteiger partial charge on any atom is -0.383 e. The molecule has 3 N–H and O–H groups in total. The molecule has 1 aromatic carbocycles. The van der Waals surface area contributed by atoms with Crippen LogP contribution in [0.15, 0.2) is 36.5 Å². The Morgan fingerprint density at radius 3 is 2.69 bits per heavy atom. The average Bonchev–Trinajstić information content (AvgIpc) is 3.64. The van der Waals surface area contributed by atoms with E-state index in [0.717, 1.165) is 19.4 Å². The highest BCUT2D eigenvalue weighted by atomic mass is 19.1. The molecule has 0 aliphatic carbocycles. The third-order valence-electron chi connectivity index (χ3n) is 6.73. The van der Waals surface area contributed by atoms with E-state index in [1.807, 2.05) is 6.92 Å². The number of hydrogen-bond acceptors (Lipinski definition) is 9. The van der Waals surface area contributed by atoms with Crippen LogP contribution in [0, 0.1) is 11.2 Å². The van der Waals surface area contributed by atoms with Crippen LogP contribution in [-0.4, -0.2) is 78.6 Å². The molecular weight excluding hydrogens is 507 g/mol. The Hall–Kier alpha value is -3.45. The van der Waals surface area contributed by atoms with Crippen molar-refractivity contribution in [3.63, 3.8) is 0 Å². The monoisotopic (exact) mass is 540 g/mol. The number of amides is 1. The van der Waals surface area contributed by atoms with Gasteiger partial charge in [0, 0.05) is 38.6 Å². The molecule has 208 valence electrons. The predicted octanol–water partition coefficient (Wildman–Crippen LogP) is 3.08. The van der Waals surface area contributed by atoms with Gasteiger partial charge in [0.1, 0.15) is 5.82 Å². The van der Waals surface area contributed by atoms with Gasteiger partial charge in [0.25, 0.3) is 0 Å². The average molecular weight is 541 g/mol. The molecule has 39 heavy (non-hydrogen) atoms. The first-order valence-electron chi connectivity index (χ1n) is 13.0. The number of imidazole rings is 1. The van der Waals surface area contributed by atoms with Gasteiger partial charge in [-0.05, 0) is 50.1 Å². The topological polar surface area (TPSA) is 133 Å². The number of hydrogen-bond donors (Lipinski definition) is 3. The Bertz CT molecular complexity index is 1260. The summed E-state index contributed by atoms with van der Waals surface area (Å²) in [5.74, 6) is 0.358. The van der Waals surface area contributed by atoms with Gasteiger partial charge >= 0.3 is 0 Å². The largest absolute Gasteiger partial charge is 0.383 e. The first-order chi connectivity index (χ1) is 18.9. The summed E-state index contributed by atoms with van der Waals surface area (Å²) in [7, 11) is 1.62. The first kappa shape index (κ1) is 27.1. The fourth-order valence-electron chi connectivity index (χ4n) is 4.48. The Kier molecular flexibility index (Phi) is 8.46. The highest BCUT2D eigenvalue weighted by Gasteiger charge is 2.41. The van der Waals surface area contributed by atoms with E-state index in [1.54, 1.807) is 31.5 Å². The van der Waals surface area contributed by atoms with Crippen molar-refractivity contribution < 1.29 is 28.1 Å². The van der Waals surface area contributed by atoms with Gasteiger partial charge in [0.05, 0.1) is 48.4 Å². The van der Waals surface area contributed by atoms with E-state index in [9.17, 15) is 9.18 Å². The van der Waals surface area contributed by atoms with Gasteiger partial charge in [-0.1, -0.05) is 0 Å². The molecule has 11 nitrogen and oxygen atoms in total. The van der Waals surface area contributed by atoms with E-state index in [0.29, 0.717) is 54.1 Å². The molecule has 0 bridgehead atoms. The molecule has 2 aliphatic rings. The van der Waals surface area contributed by atoms with E-state index < -0.39 is 11.7 Å². The minimum atomic E-state index is -0.847. The molecule has 2 aliphatic heterocycles. The van der Waals surface area contributed by atoms with Crippen molar-refractivity contribution in [1.29, 1.82) is 0 Å². The summed E-state index contributed by atoms with van der Waals surface area (Å²) in [5, 5.41) is 6.08. The van der Waals surface area contributed by atoms with E-state index in [-0.39, 0.29) is 31.0 Å². The number of benzene rings is 1. The molecule has 2 saturated heterocycles. The maximum atomic E-state index is 13.7. The van der Waals surface area contributed by atoms with Crippen LogP contribution in [0.2, 0.25) is 0 Å². The molecule has 12 heteroatoms. The van der Waals surface area contributed by atoms with Crippen LogP contribution in [0.1, 0.15) is 31.9 Å². The Morgan fingerprint density at radius 2 is 1.97 bits per heavy atom. The third-order valence-corrected chi connectivity index (χ3v) is 6.73. The molecule has 0 saturated carbocycles. The highest BCUT2D eigenvalue weighted by Crippen LogP contribution is 2.35. The summed E-state index contributed by atoms with van der Waals surface area (Å²) in [5.41, 5.74) is 1.58. The second-order valence-corrected chi connectivity index (χ2v) is 9.90. The number of nitrogens with one attached hydrogen (secondary N) is 3. The molecule has 3 aromatic rings. The number of halogens is 1. The van der Waals surface area contributed by atoms with Gasteiger partial charge in [-0.2, -0.15) is 0 Å². The van der Waals surface area contributed by atoms with Crippen molar-refractivity contribution in [3.05, 3.63) is 48.2 Å². The van der Waals surface area contributed by atoms with Gasteiger partial charge in [0.15, 0.2) is 5.82 Å². The number of anilines is 1. The zero-order chi connectivity index (χ0) is 27.2. The van der Waals surface area contributed by atoms with Crippen molar-refractivity contribution in [1.82, 2.24) is 25.3 Å². The molecule has 4 heterocycles.